The van der Waals surface area contributed by atoms with Crippen molar-refractivity contribution in [1.29, 1.82) is 0 Å². The lowest BCUT2D eigenvalue weighted by Crippen LogP contribution is -2.42. The highest BCUT2D eigenvalue weighted by molar-refractivity contribution is 5.82. The molecular formula is C10H18N2O4. The van der Waals surface area contributed by atoms with E-state index in [4.69, 9.17) is 5.11 Å². The molecule has 0 radical (unpaired) electrons. The maximum atomic E-state index is 11.8. The van der Waals surface area contributed by atoms with E-state index in [1.807, 2.05) is 0 Å². The lowest BCUT2D eigenvalue weighted by molar-refractivity contribution is -0.138. The summed E-state index contributed by atoms with van der Waals surface area (Å²) >= 11 is 0. The highest BCUT2D eigenvalue weighted by Gasteiger charge is 2.29. The second-order valence-corrected chi connectivity index (χ2v) is 4.11. The van der Waals surface area contributed by atoms with Crippen LogP contribution in [0.5, 0.6) is 0 Å². The van der Waals surface area contributed by atoms with Gasteiger partial charge < -0.3 is 20.4 Å². The summed E-state index contributed by atoms with van der Waals surface area (Å²) < 4.78 is 0. The SMILES string of the molecule is CN(CCCC(=O)O)C(=O)C1CC(O)CN1. The molecule has 1 saturated heterocycles. The second-order valence-electron chi connectivity index (χ2n) is 4.11. The Labute approximate surface area is 94.2 Å². The zero-order valence-electron chi connectivity index (χ0n) is 9.35. The van der Waals surface area contributed by atoms with Gasteiger partial charge in [0.15, 0.2) is 0 Å². The number of carbonyl (C=O) groups excluding carboxylic acids is 1. The Balaban J connectivity index is 2.27. The summed E-state index contributed by atoms with van der Waals surface area (Å²) in [5.74, 6) is -0.933. The molecule has 1 fully saturated rings. The predicted octanol–water partition coefficient (Wildman–Crippen LogP) is -0.968. The van der Waals surface area contributed by atoms with Crippen LogP contribution >= 0.6 is 0 Å². The van der Waals surface area contributed by atoms with Crippen LogP contribution in [0, 0.1) is 0 Å². The third-order valence-corrected chi connectivity index (χ3v) is 2.67. The molecule has 6 nitrogen and oxygen atoms in total. The van der Waals surface area contributed by atoms with E-state index >= 15 is 0 Å². The van der Waals surface area contributed by atoms with Gasteiger partial charge in [-0.05, 0) is 12.8 Å². The number of rotatable bonds is 5. The minimum absolute atomic E-state index is 0.0678. The molecule has 1 rings (SSSR count). The largest absolute Gasteiger partial charge is 0.481 e. The summed E-state index contributed by atoms with van der Waals surface area (Å²) in [7, 11) is 1.65. The summed E-state index contributed by atoms with van der Waals surface area (Å²) in [6.07, 6.45) is 0.495. The van der Waals surface area contributed by atoms with Crippen molar-refractivity contribution in [3.8, 4) is 0 Å². The van der Waals surface area contributed by atoms with E-state index in [0.717, 1.165) is 0 Å². The van der Waals surface area contributed by atoms with Gasteiger partial charge in [0.1, 0.15) is 0 Å². The van der Waals surface area contributed by atoms with Gasteiger partial charge in [0, 0.05) is 26.6 Å². The lowest BCUT2D eigenvalue weighted by Gasteiger charge is -2.20. The molecule has 0 saturated carbocycles. The number of nitrogens with one attached hydrogen (secondary N) is 1. The van der Waals surface area contributed by atoms with Gasteiger partial charge in [-0.1, -0.05) is 0 Å². The first-order valence-electron chi connectivity index (χ1n) is 5.39. The van der Waals surface area contributed by atoms with E-state index in [1.165, 1.54) is 4.90 Å². The highest BCUT2D eigenvalue weighted by Crippen LogP contribution is 2.09. The van der Waals surface area contributed by atoms with Gasteiger partial charge in [0.25, 0.3) is 0 Å². The Hall–Kier alpha value is -1.14. The molecule has 0 aliphatic carbocycles. The molecule has 92 valence electrons. The zero-order valence-corrected chi connectivity index (χ0v) is 9.35. The van der Waals surface area contributed by atoms with E-state index < -0.39 is 12.1 Å². The van der Waals surface area contributed by atoms with Crippen molar-refractivity contribution in [2.45, 2.75) is 31.4 Å². The van der Waals surface area contributed by atoms with Crippen molar-refractivity contribution in [3.63, 3.8) is 0 Å². The standard InChI is InChI=1S/C10H18N2O4/c1-12(4-2-3-9(14)15)10(16)8-5-7(13)6-11-8/h7-8,11,13H,2-6H2,1H3,(H,14,15). The number of hydrogen-bond acceptors (Lipinski definition) is 4. The predicted molar refractivity (Wildman–Crippen MR) is 56.9 cm³/mol. The van der Waals surface area contributed by atoms with Crippen LogP contribution in [-0.4, -0.2) is 59.3 Å². The minimum Gasteiger partial charge on any atom is -0.481 e. The van der Waals surface area contributed by atoms with Crippen molar-refractivity contribution in [1.82, 2.24) is 10.2 Å². The minimum atomic E-state index is -0.852. The molecule has 0 aromatic carbocycles. The molecule has 1 heterocycles. The third-order valence-electron chi connectivity index (χ3n) is 2.67. The fourth-order valence-corrected chi connectivity index (χ4v) is 1.75. The second kappa shape index (κ2) is 5.81. The van der Waals surface area contributed by atoms with Crippen molar-refractivity contribution in [2.24, 2.45) is 0 Å². The van der Waals surface area contributed by atoms with E-state index in [1.54, 1.807) is 7.05 Å². The quantitative estimate of drug-likeness (QED) is 0.565. The fourth-order valence-electron chi connectivity index (χ4n) is 1.75. The number of carbonyl (C=O) groups is 2. The van der Waals surface area contributed by atoms with Crippen LogP contribution in [0.3, 0.4) is 0 Å². The van der Waals surface area contributed by atoms with Crippen LogP contribution in [0.1, 0.15) is 19.3 Å². The molecule has 1 aliphatic heterocycles. The average Bonchev–Trinajstić information content (AvgIpc) is 2.63. The molecule has 0 bridgehead atoms. The number of aliphatic carboxylic acids is 1. The maximum Gasteiger partial charge on any atom is 0.303 e. The van der Waals surface area contributed by atoms with Crippen LogP contribution in [0.15, 0.2) is 0 Å². The van der Waals surface area contributed by atoms with E-state index in [0.29, 0.717) is 25.9 Å². The van der Waals surface area contributed by atoms with Gasteiger partial charge in [0.05, 0.1) is 12.1 Å². The fraction of sp³-hybridized carbons (Fsp3) is 0.800. The van der Waals surface area contributed by atoms with Crippen molar-refractivity contribution in [2.75, 3.05) is 20.1 Å². The molecular weight excluding hydrogens is 212 g/mol. The lowest BCUT2D eigenvalue weighted by atomic mass is 10.2. The molecule has 0 spiro atoms. The van der Waals surface area contributed by atoms with Crippen molar-refractivity contribution < 1.29 is 19.8 Å². The Morgan fingerprint density at radius 2 is 2.19 bits per heavy atom. The van der Waals surface area contributed by atoms with E-state index in [-0.39, 0.29) is 18.4 Å². The Bertz CT molecular complexity index is 270. The molecule has 2 atom stereocenters. The first kappa shape index (κ1) is 12.9. The molecule has 0 aromatic heterocycles. The number of β-amino-alcohol motifs (C(OH)–C–C–N with tert-alkyl or cyclic N) is 1. The summed E-state index contributed by atoms with van der Waals surface area (Å²) in [5.41, 5.74) is 0. The van der Waals surface area contributed by atoms with Gasteiger partial charge >= 0.3 is 5.97 Å². The van der Waals surface area contributed by atoms with Crippen LogP contribution in [0.4, 0.5) is 0 Å². The molecule has 2 unspecified atom stereocenters. The zero-order chi connectivity index (χ0) is 12.1. The smallest absolute Gasteiger partial charge is 0.303 e. The number of carboxylic acids is 1. The van der Waals surface area contributed by atoms with Gasteiger partial charge in [-0.3, -0.25) is 9.59 Å². The summed E-state index contributed by atoms with van der Waals surface area (Å²) in [4.78, 5) is 23.6. The number of likely N-dealkylation sites (N-methyl/N-ethyl adjacent to an activating group) is 1. The normalized spacial score (nSPS) is 24.4. The number of amides is 1. The number of hydrogen-bond donors (Lipinski definition) is 3. The average molecular weight is 230 g/mol. The summed E-state index contributed by atoms with van der Waals surface area (Å²) in [6.45, 7) is 0.874. The van der Waals surface area contributed by atoms with Crippen LogP contribution in [-0.2, 0) is 9.59 Å². The number of nitrogens with zero attached hydrogens (tertiary/aromatic N) is 1. The van der Waals surface area contributed by atoms with Crippen molar-refractivity contribution in [3.05, 3.63) is 0 Å². The topological polar surface area (TPSA) is 89.9 Å². The van der Waals surface area contributed by atoms with Gasteiger partial charge in [-0.15, -0.1) is 0 Å². The van der Waals surface area contributed by atoms with Crippen LogP contribution < -0.4 is 5.32 Å². The summed E-state index contributed by atoms with van der Waals surface area (Å²) in [5, 5.41) is 20.7. The Morgan fingerprint density at radius 1 is 1.50 bits per heavy atom. The first-order chi connectivity index (χ1) is 7.50. The Morgan fingerprint density at radius 3 is 2.69 bits per heavy atom. The molecule has 3 N–H and O–H groups in total. The molecule has 6 heteroatoms. The van der Waals surface area contributed by atoms with E-state index in [2.05, 4.69) is 5.32 Å². The molecule has 16 heavy (non-hydrogen) atoms. The number of carboxylic acid groups (broad SMARTS) is 1. The van der Waals surface area contributed by atoms with Crippen LogP contribution in [0.2, 0.25) is 0 Å². The monoisotopic (exact) mass is 230 g/mol. The van der Waals surface area contributed by atoms with E-state index in [9.17, 15) is 14.7 Å². The van der Waals surface area contributed by atoms with Gasteiger partial charge in [0.2, 0.25) is 5.91 Å². The maximum absolute atomic E-state index is 11.8. The van der Waals surface area contributed by atoms with Crippen LogP contribution in [0.25, 0.3) is 0 Å². The van der Waals surface area contributed by atoms with Gasteiger partial charge in [-0.25, -0.2) is 0 Å². The molecule has 1 amide bonds. The number of aliphatic hydroxyl groups is 1. The molecule has 1 aliphatic rings. The first-order valence-corrected chi connectivity index (χ1v) is 5.39. The number of aliphatic hydroxyl groups excluding tert-OH is 1. The summed E-state index contributed by atoms with van der Waals surface area (Å²) in [6, 6.07) is -0.329. The molecule has 0 aromatic rings. The third kappa shape index (κ3) is 3.79. The van der Waals surface area contributed by atoms with Crippen molar-refractivity contribution >= 4 is 11.9 Å². The van der Waals surface area contributed by atoms with Gasteiger partial charge in [-0.2, -0.15) is 0 Å². The Kier molecular flexibility index (Phi) is 4.70. The highest BCUT2D eigenvalue weighted by atomic mass is 16.4.